The first-order valence-electron chi connectivity index (χ1n) is 11.2. The van der Waals surface area contributed by atoms with Crippen molar-refractivity contribution in [1.29, 1.82) is 0 Å². The van der Waals surface area contributed by atoms with Crippen LogP contribution in [0.15, 0.2) is 72.8 Å². The van der Waals surface area contributed by atoms with Crippen LogP contribution < -0.4 is 9.04 Å². The summed E-state index contributed by atoms with van der Waals surface area (Å²) in [7, 11) is -3.29. The molecule has 1 saturated heterocycles. The lowest BCUT2D eigenvalue weighted by Gasteiger charge is -2.40. The predicted molar refractivity (Wildman–Crippen MR) is 133 cm³/mol. The van der Waals surface area contributed by atoms with Crippen LogP contribution in [-0.4, -0.2) is 39.2 Å². The molecule has 5 nitrogen and oxygen atoms in total. The standard InChI is InChI=1S/C26H27ClN2O3S/c1-33(30,31)29-19-26(22-9-2-4-11-24(22)29)13-15-28(16-14-26)18-20-7-6-8-21(17-20)32-25-12-5-3-10-23(25)27/h2-12,17H,13-16,18-19H2,1H3. The Kier molecular flexibility index (Phi) is 5.85. The van der Waals surface area contributed by atoms with Crippen molar-refractivity contribution in [3.8, 4) is 11.5 Å². The van der Waals surface area contributed by atoms with Crippen LogP contribution in [0.2, 0.25) is 5.02 Å². The van der Waals surface area contributed by atoms with E-state index >= 15 is 0 Å². The number of anilines is 1. The van der Waals surface area contributed by atoms with Crippen molar-refractivity contribution < 1.29 is 13.2 Å². The Morgan fingerprint density at radius 1 is 0.970 bits per heavy atom. The number of likely N-dealkylation sites (tertiary alicyclic amines) is 1. The summed E-state index contributed by atoms with van der Waals surface area (Å²) in [5.74, 6) is 1.41. The average molecular weight is 483 g/mol. The number of para-hydroxylation sites is 2. The van der Waals surface area contributed by atoms with E-state index in [0.29, 0.717) is 17.3 Å². The van der Waals surface area contributed by atoms with Crippen LogP contribution in [0.3, 0.4) is 0 Å². The van der Waals surface area contributed by atoms with Crippen molar-refractivity contribution in [2.45, 2.75) is 24.8 Å². The van der Waals surface area contributed by atoms with Gasteiger partial charge in [0, 0.05) is 18.5 Å². The summed E-state index contributed by atoms with van der Waals surface area (Å²) >= 11 is 6.23. The van der Waals surface area contributed by atoms with Crippen LogP contribution in [0.25, 0.3) is 0 Å². The maximum Gasteiger partial charge on any atom is 0.232 e. The third-order valence-electron chi connectivity index (χ3n) is 6.77. The molecule has 33 heavy (non-hydrogen) atoms. The number of benzene rings is 3. The van der Waals surface area contributed by atoms with Crippen molar-refractivity contribution in [2.75, 3.05) is 30.2 Å². The zero-order valence-corrected chi connectivity index (χ0v) is 20.1. The van der Waals surface area contributed by atoms with Gasteiger partial charge in [-0.3, -0.25) is 9.21 Å². The highest BCUT2D eigenvalue weighted by Gasteiger charge is 2.46. The average Bonchev–Trinajstić information content (AvgIpc) is 3.12. The summed E-state index contributed by atoms with van der Waals surface area (Å²) in [4.78, 5) is 2.44. The molecule has 172 valence electrons. The van der Waals surface area contributed by atoms with Crippen molar-refractivity contribution in [2.24, 2.45) is 0 Å². The van der Waals surface area contributed by atoms with Crippen LogP contribution in [0, 0.1) is 0 Å². The fourth-order valence-electron chi connectivity index (χ4n) is 5.07. The highest BCUT2D eigenvalue weighted by atomic mass is 35.5. The van der Waals surface area contributed by atoms with Crippen molar-refractivity contribution in [3.05, 3.63) is 88.9 Å². The molecule has 3 aromatic rings. The minimum Gasteiger partial charge on any atom is -0.456 e. The van der Waals surface area contributed by atoms with E-state index in [1.54, 1.807) is 4.31 Å². The summed E-state index contributed by atoms with van der Waals surface area (Å²) in [6.45, 7) is 3.20. The molecule has 5 rings (SSSR count). The Balaban J connectivity index is 1.28. The van der Waals surface area contributed by atoms with Gasteiger partial charge in [0.1, 0.15) is 11.5 Å². The Labute approximate surface area is 200 Å². The largest absolute Gasteiger partial charge is 0.456 e. The number of hydrogen-bond acceptors (Lipinski definition) is 4. The van der Waals surface area contributed by atoms with E-state index in [0.717, 1.165) is 43.9 Å². The second kappa shape index (κ2) is 8.67. The van der Waals surface area contributed by atoms with Gasteiger partial charge in [-0.15, -0.1) is 0 Å². The Hall–Kier alpha value is -2.54. The van der Waals surface area contributed by atoms with Gasteiger partial charge in [0.15, 0.2) is 0 Å². The number of fused-ring (bicyclic) bond motifs is 2. The topological polar surface area (TPSA) is 49.9 Å². The van der Waals surface area contributed by atoms with E-state index in [1.165, 1.54) is 17.4 Å². The summed E-state index contributed by atoms with van der Waals surface area (Å²) < 4.78 is 32.4. The van der Waals surface area contributed by atoms with E-state index in [4.69, 9.17) is 16.3 Å². The number of hydrogen-bond donors (Lipinski definition) is 0. The fraction of sp³-hybridized carbons (Fsp3) is 0.308. The molecule has 7 heteroatoms. The number of halogens is 1. The molecule has 0 N–H and O–H groups in total. The molecule has 0 unspecified atom stereocenters. The molecule has 0 atom stereocenters. The first-order valence-corrected chi connectivity index (χ1v) is 13.4. The maximum absolute atomic E-state index is 12.4. The van der Waals surface area contributed by atoms with Crippen LogP contribution in [0.1, 0.15) is 24.0 Å². The zero-order valence-electron chi connectivity index (χ0n) is 18.6. The number of rotatable bonds is 5. The fourth-order valence-corrected chi connectivity index (χ4v) is 6.24. The van der Waals surface area contributed by atoms with E-state index in [1.807, 2.05) is 54.6 Å². The summed E-state index contributed by atoms with van der Waals surface area (Å²) in [5.41, 5.74) is 3.09. The Morgan fingerprint density at radius 2 is 1.70 bits per heavy atom. The molecular formula is C26H27ClN2O3S. The Bertz CT molecular complexity index is 1270. The molecule has 2 heterocycles. The smallest absolute Gasteiger partial charge is 0.232 e. The molecule has 0 bridgehead atoms. The van der Waals surface area contributed by atoms with Crippen LogP contribution in [0.4, 0.5) is 5.69 Å². The molecule has 1 spiro atoms. The maximum atomic E-state index is 12.4. The predicted octanol–water partition coefficient (Wildman–Crippen LogP) is 5.45. The van der Waals surface area contributed by atoms with Gasteiger partial charge < -0.3 is 4.74 Å². The molecule has 0 radical (unpaired) electrons. The monoisotopic (exact) mass is 482 g/mol. The highest BCUT2D eigenvalue weighted by molar-refractivity contribution is 7.92. The normalized spacial score (nSPS) is 17.8. The second-order valence-corrected chi connectivity index (χ2v) is 11.3. The molecule has 0 amide bonds. The molecule has 1 fully saturated rings. The van der Waals surface area contributed by atoms with E-state index < -0.39 is 10.0 Å². The molecule has 0 saturated carbocycles. The quantitative estimate of drug-likeness (QED) is 0.485. The van der Waals surface area contributed by atoms with E-state index in [9.17, 15) is 8.42 Å². The first-order chi connectivity index (χ1) is 15.8. The van der Waals surface area contributed by atoms with Gasteiger partial charge in [-0.2, -0.15) is 0 Å². The lowest BCUT2D eigenvalue weighted by Crippen LogP contribution is -2.45. The van der Waals surface area contributed by atoms with Gasteiger partial charge in [-0.1, -0.05) is 54.1 Å². The molecule has 0 aromatic heterocycles. The van der Waals surface area contributed by atoms with E-state index in [-0.39, 0.29) is 5.41 Å². The number of piperidine rings is 1. The number of ether oxygens (including phenoxy) is 1. The van der Waals surface area contributed by atoms with Crippen LogP contribution in [0.5, 0.6) is 11.5 Å². The third kappa shape index (κ3) is 4.47. The van der Waals surface area contributed by atoms with Gasteiger partial charge in [0.2, 0.25) is 10.0 Å². The van der Waals surface area contributed by atoms with Gasteiger partial charge in [0.25, 0.3) is 0 Å². The van der Waals surface area contributed by atoms with Gasteiger partial charge in [-0.25, -0.2) is 8.42 Å². The minimum atomic E-state index is -3.29. The Morgan fingerprint density at radius 3 is 2.45 bits per heavy atom. The van der Waals surface area contributed by atoms with Crippen LogP contribution in [-0.2, 0) is 22.0 Å². The lowest BCUT2D eigenvalue weighted by molar-refractivity contribution is 0.161. The highest BCUT2D eigenvalue weighted by Crippen LogP contribution is 2.47. The third-order valence-corrected chi connectivity index (χ3v) is 8.21. The number of nitrogens with zero attached hydrogens (tertiary/aromatic N) is 2. The van der Waals surface area contributed by atoms with Gasteiger partial charge in [0.05, 0.1) is 17.0 Å². The van der Waals surface area contributed by atoms with Crippen LogP contribution >= 0.6 is 11.6 Å². The lowest BCUT2D eigenvalue weighted by atomic mass is 9.74. The molecule has 0 aliphatic carbocycles. The van der Waals surface area contributed by atoms with Gasteiger partial charge in [-0.05, 0) is 67.4 Å². The SMILES string of the molecule is CS(=O)(=O)N1CC2(CCN(Cc3cccc(Oc4ccccc4Cl)c3)CC2)c2ccccc21. The summed E-state index contributed by atoms with van der Waals surface area (Å²) in [6, 6.07) is 23.5. The van der Waals surface area contributed by atoms with Crippen molar-refractivity contribution in [1.82, 2.24) is 4.90 Å². The summed E-state index contributed by atoms with van der Waals surface area (Å²) in [5, 5.41) is 0.587. The van der Waals surface area contributed by atoms with Crippen molar-refractivity contribution in [3.63, 3.8) is 0 Å². The van der Waals surface area contributed by atoms with E-state index in [2.05, 4.69) is 23.1 Å². The second-order valence-electron chi connectivity index (χ2n) is 9.02. The molecule has 2 aliphatic heterocycles. The molecule has 2 aliphatic rings. The summed E-state index contributed by atoms with van der Waals surface area (Å²) in [6.07, 6.45) is 3.17. The molecular weight excluding hydrogens is 456 g/mol. The minimum absolute atomic E-state index is 0.106. The van der Waals surface area contributed by atoms with Crippen molar-refractivity contribution >= 4 is 27.3 Å². The zero-order chi connectivity index (χ0) is 23.1. The first kappa shape index (κ1) is 22.3. The number of sulfonamides is 1. The van der Waals surface area contributed by atoms with Gasteiger partial charge >= 0.3 is 0 Å². The molecule has 3 aromatic carbocycles.